The zero-order valence-electron chi connectivity index (χ0n) is 5.42. The van der Waals surface area contributed by atoms with Crippen LogP contribution in [0.1, 0.15) is 13.8 Å². The van der Waals surface area contributed by atoms with Gasteiger partial charge in [0.1, 0.15) is 6.10 Å². The summed E-state index contributed by atoms with van der Waals surface area (Å²) in [6.07, 6.45) is 2.69. The van der Waals surface area contributed by atoms with Crippen molar-refractivity contribution in [1.29, 1.82) is 0 Å². The van der Waals surface area contributed by atoms with Crippen molar-refractivity contribution in [2.24, 2.45) is 5.92 Å². The molecule has 0 bridgehead atoms. The van der Waals surface area contributed by atoms with Gasteiger partial charge in [-0.2, -0.15) is 0 Å². The van der Waals surface area contributed by atoms with Gasteiger partial charge in [-0.15, -0.1) is 6.58 Å². The maximum atomic E-state index is 5.21. The Hall–Kier alpha value is -0.300. The fraction of sp³-hybridized carbons (Fsp3) is 0.714. The van der Waals surface area contributed by atoms with Crippen molar-refractivity contribution in [3.8, 4) is 0 Å². The van der Waals surface area contributed by atoms with Crippen LogP contribution in [0.5, 0.6) is 0 Å². The molecule has 0 saturated carbocycles. The molecule has 0 amide bonds. The molecule has 1 saturated heterocycles. The number of rotatable bonds is 2. The molecule has 1 heteroatoms. The van der Waals surface area contributed by atoms with Crippen molar-refractivity contribution in [3.05, 3.63) is 12.7 Å². The highest BCUT2D eigenvalue weighted by Gasteiger charge is 2.38. The first kappa shape index (κ1) is 5.83. The number of hydrogen-bond donors (Lipinski definition) is 0. The Morgan fingerprint density at radius 3 is 2.38 bits per heavy atom. The standard InChI is InChI=1S/C7H12O/c1-4-6-7(8-6)5(2)3/h4-7H,1H2,2-3H3/t6-,7+/m0/s1. The molecule has 1 fully saturated rings. The average molecular weight is 112 g/mol. The first-order chi connectivity index (χ1) is 3.75. The second-order valence-corrected chi connectivity index (χ2v) is 2.55. The summed E-state index contributed by atoms with van der Waals surface area (Å²) in [7, 11) is 0. The molecule has 0 radical (unpaired) electrons. The van der Waals surface area contributed by atoms with Gasteiger partial charge in [-0.1, -0.05) is 19.9 Å². The molecular formula is C7H12O. The van der Waals surface area contributed by atoms with Gasteiger partial charge in [0.2, 0.25) is 0 Å². The smallest absolute Gasteiger partial charge is 0.102 e. The third-order valence-electron chi connectivity index (χ3n) is 1.45. The van der Waals surface area contributed by atoms with Crippen molar-refractivity contribution < 1.29 is 4.74 Å². The zero-order chi connectivity index (χ0) is 6.15. The summed E-state index contributed by atoms with van der Waals surface area (Å²) in [5.41, 5.74) is 0. The van der Waals surface area contributed by atoms with Gasteiger partial charge in [-0.05, 0) is 5.92 Å². The van der Waals surface area contributed by atoms with E-state index in [1.165, 1.54) is 0 Å². The first-order valence-corrected chi connectivity index (χ1v) is 3.03. The molecule has 0 aromatic rings. The molecule has 1 aliphatic rings. The van der Waals surface area contributed by atoms with Crippen LogP contribution in [0.15, 0.2) is 12.7 Å². The topological polar surface area (TPSA) is 12.5 Å². The monoisotopic (exact) mass is 112 g/mol. The molecule has 0 aromatic heterocycles. The van der Waals surface area contributed by atoms with Crippen molar-refractivity contribution in [1.82, 2.24) is 0 Å². The van der Waals surface area contributed by atoms with Crippen molar-refractivity contribution in [3.63, 3.8) is 0 Å². The van der Waals surface area contributed by atoms with Crippen LogP contribution in [0.2, 0.25) is 0 Å². The lowest BCUT2D eigenvalue weighted by Gasteiger charge is -1.92. The van der Waals surface area contributed by atoms with Crippen LogP contribution in [0, 0.1) is 5.92 Å². The Morgan fingerprint density at radius 2 is 2.25 bits per heavy atom. The predicted octanol–water partition coefficient (Wildman–Crippen LogP) is 1.60. The molecule has 0 aliphatic carbocycles. The van der Waals surface area contributed by atoms with Crippen LogP contribution in [0.25, 0.3) is 0 Å². The maximum Gasteiger partial charge on any atom is 0.102 e. The van der Waals surface area contributed by atoms with Crippen molar-refractivity contribution in [2.45, 2.75) is 26.1 Å². The number of ether oxygens (including phenoxy) is 1. The quantitative estimate of drug-likeness (QED) is 0.390. The lowest BCUT2D eigenvalue weighted by atomic mass is 10.1. The third-order valence-corrected chi connectivity index (χ3v) is 1.45. The molecule has 1 nitrogen and oxygen atoms in total. The fourth-order valence-electron chi connectivity index (χ4n) is 0.862. The van der Waals surface area contributed by atoms with E-state index in [1.54, 1.807) is 0 Å². The van der Waals surface area contributed by atoms with E-state index in [2.05, 4.69) is 20.4 Å². The van der Waals surface area contributed by atoms with Crippen LogP contribution in [0.4, 0.5) is 0 Å². The van der Waals surface area contributed by atoms with Gasteiger partial charge >= 0.3 is 0 Å². The minimum Gasteiger partial charge on any atom is -0.365 e. The molecule has 0 aromatic carbocycles. The van der Waals surface area contributed by atoms with Gasteiger partial charge in [-0.3, -0.25) is 0 Å². The van der Waals surface area contributed by atoms with E-state index in [1.807, 2.05) is 6.08 Å². The maximum absolute atomic E-state index is 5.21. The molecule has 8 heavy (non-hydrogen) atoms. The summed E-state index contributed by atoms with van der Waals surface area (Å²) in [6.45, 7) is 7.95. The van der Waals surface area contributed by atoms with Crippen LogP contribution in [-0.2, 0) is 4.74 Å². The summed E-state index contributed by atoms with van der Waals surface area (Å²) in [4.78, 5) is 0. The highest BCUT2D eigenvalue weighted by molar-refractivity contribution is 4.99. The molecular weight excluding hydrogens is 100 g/mol. The van der Waals surface area contributed by atoms with E-state index in [4.69, 9.17) is 4.74 Å². The minimum absolute atomic E-state index is 0.356. The van der Waals surface area contributed by atoms with Gasteiger partial charge in [-0.25, -0.2) is 0 Å². The van der Waals surface area contributed by atoms with Crippen LogP contribution >= 0.6 is 0 Å². The SMILES string of the molecule is C=C[C@@H]1O[C@@H]1C(C)C. The third kappa shape index (κ3) is 0.920. The van der Waals surface area contributed by atoms with Gasteiger partial charge in [0.15, 0.2) is 0 Å². The van der Waals surface area contributed by atoms with E-state index in [-0.39, 0.29) is 0 Å². The van der Waals surface area contributed by atoms with Crippen LogP contribution in [0.3, 0.4) is 0 Å². The Bertz CT molecular complexity index is 96.6. The molecule has 0 N–H and O–H groups in total. The summed E-state index contributed by atoms with van der Waals surface area (Å²) in [6, 6.07) is 0. The Balaban J connectivity index is 2.26. The summed E-state index contributed by atoms with van der Waals surface area (Å²) in [5.74, 6) is 0.651. The molecule has 1 aliphatic heterocycles. The van der Waals surface area contributed by atoms with E-state index < -0.39 is 0 Å². The molecule has 46 valence electrons. The van der Waals surface area contributed by atoms with Crippen LogP contribution in [-0.4, -0.2) is 12.2 Å². The average Bonchev–Trinajstić information content (AvgIpc) is 2.42. The van der Waals surface area contributed by atoms with E-state index in [9.17, 15) is 0 Å². The Labute approximate surface area is 50.3 Å². The van der Waals surface area contributed by atoms with E-state index in [0.717, 1.165) is 0 Å². The summed E-state index contributed by atoms with van der Waals surface area (Å²) < 4.78 is 5.21. The summed E-state index contributed by atoms with van der Waals surface area (Å²) in [5, 5.41) is 0. The molecule has 0 spiro atoms. The minimum atomic E-state index is 0.356. The van der Waals surface area contributed by atoms with Crippen molar-refractivity contribution in [2.75, 3.05) is 0 Å². The van der Waals surface area contributed by atoms with Gasteiger partial charge < -0.3 is 4.74 Å². The Kier molecular flexibility index (Phi) is 1.39. The molecule has 2 atom stereocenters. The fourth-order valence-corrected chi connectivity index (χ4v) is 0.862. The van der Waals surface area contributed by atoms with Crippen LogP contribution < -0.4 is 0 Å². The van der Waals surface area contributed by atoms with Gasteiger partial charge in [0.05, 0.1) is 6.10 Å². The summed E-state index contributed by atoms with van der Waals surface area (Å²) >= 11 is 0. The lowest BCUT2D eigenvalue weighted by Crippen LogP contribution is -1.99. The largest absolute Gasteiger partial charge is 0.365 e. The van der Waals surface area contributed by atoms with Gasteiger partial charge in [0, 0.05) is 0 Å². The lowest BCUT2D eigenvalue weighted by molar-refractivity contribution is 0.345. The van der Waals surface area contributed by atoms with Crippen molar-refractivity contribution >= 4 is 0 Å². The molecule has 0 unspecified atom stereocenters. The predicted molar refractivity (Wildman–Crippen MR) is 33.7 cm³/mol. The second kappa shape index (κ2) is 1.90. The second-order valence-electron chi connectivity index (χ2n) is 2.55. The Morgan fingerprint density at radius 1 is 1.62 bits per heavy atom. The highest BCUT2D eigenvalue weighted by atomic mass is 16.6. The normalized spacial score (nSPS) is 35.4. The molecule has 1 rings (SSSR count). The number of hydrogen-bond acceptors (Lipinski definition) is 1. The molecule has 1 heterocycles. The van der Waals surface area contributed by atoms with E-state index in [0.29, 0.717) is 18.1 Å². The highest BCUT2D eigenvalue weighted by Crippen LogP contribution is 2.29. The number of epoxide rings is 1. The first-order valence-electron chi connectivity index (χ1n) is 3.03. The zero-order valence-corrected chi connectivity index (χ0v) is 5.42. The van der Waals surface area contributed by atoms with Gasteiger partial charge in [0.25, 0.3) is 0 Å². The van der Waals surface area contributed by atoms with E-state index >= 15 is 0 Å².